The van der Waals surface area contributed by atoms with Gasteiger partial charge >= 0.3 is 5.69 Å². The van der Waals surface area contributed by atoms with Gasteiger partial charge in [0, 0.05) is 25.4 Å². The molecule has 8 heteroatoms. The number of hydrogen-bond donors (Lipinski definition) is 2. The van der Waals surface area contributed by atoms with Gasteiger partial charge in [-0.25, -0.2) is 4.79 Å². The minimum Gasteiger partial charge on any atom is -0.497 e. The predicted molar refractivity (Wildman–Crippen MR) is 117 cm³/mol. The maximum atomic E-state index is 12.8. The summed E-state index contributed by atoms with van der Waals surface area (Å²) in [5.74, 6) is 0.362. The van der Waals surface area contributed by atoms with Crippen LogP contribution in [-0.4, -0.2) is 27.0 Å². The number of nitrogens with one attached hydrogen (secondary N) is 2. The summed E-state index contributed by atoms with van der Waals surface area (Å²) in [6.45, 7) is 0.575. The first-order valence-electron chi connectivity index (χ1n) is 9.85. The Hall–Kier alpha value is -4.07. The fourth-order valence-electron chi connectivity index (χ4n) is 3.34. The van der Waals surface area contributed by atoms with E-state index in [1.54, 1.807) is 7.11 Å². The highest BCUT2D eigenvalue weighted by Gasteiger charge is 2.13. The number of fused-ring (bicyclic) bond motifs is 1. The Morgan fingerprint density at radius 1 is 1.03 bits per heavy atom. The van der Waals surface area contributed by atoms with Crippen LogP contribution in [0.3, 0.4) is 0 Å². The van der Waals surface area contributed by atoms with Crippen molar-refractivity contribution in [1.29, 1.82) is 0 Å². The lowest BCUT2D eigenvalue weighted by Gasteiger charge is -2.05. The van der Waals surface area contributed by atoms with Gasteiger partial charge in [0.05, 0.1) is 7.11 Å². The number of carbonyl (C=O) groups excluding carboxylic acids is 1. The zero-order valence-electron chi connectivity index (χ0n) is 17.0. The van der Waals surface area contributed by atoms with Crippen molar-refractivity contribution in [3.8, 4) is 5.75 Å². The highest BCUT2D eigenvalue weighted by atomic mass is 16.5. The number of benzene rings is 2. The molecule has 158 valence electrons. The average Bonchev–Trinajstić information content (AvgIpc) is 3.22. The second-order valence-electron chi connectivity index (χ2n) is 7.11. The summed E-state index contributed by atoms with van der Waals surface area (Å²) in [5.41, 5.74) is 1.53. The number of H-pyrrole nitrogens is 1. The third-order valence-corrected chi connectivity index (χ3v) is 5.07. The SMILES string of the molecule is COc1ccc(CNC(=O)c2cn3c(=O)n(CCc4ccccc4)c(=O)cc3[nH]2)cc1. The second kappa shape index (κ2) is 8.74. The van der Waals surface area contributed by atoms with E-state index < -0.39 is 11.2 Å². The molecule has 2 heterocycles. The minimum atomic E-state index is -0.483. The zero-order valence-corrected chi connectivity index (χ0v) is 17.0. The number of amides is 1. The van der Waals surface area contributed by atoms with Gasteiger partial charge in [0.25, 0.3) is 11.5 Å². The summed E-state index contributed by atoms with van der Waals surface area (Å²) < 4.78 is 7.58. The highest BCUT2D eigenvalue weighted by molar-refractivity contribution is 5.92. The normalized spacial score (nSPS) is 10.9. The van der Waals surface area contributed by atoms with Crippen LogP contribution in [-0.2, 0) is 19.5 Å². The Kier molecular flexibility index (Phi) is 5.70. The van der Waals surface area contributed by atoms with Crippen LogP contribution < -0.4 is 21.3 Å². The molecule has 0 unspecified atom stereocenters. The molecule has 0 saturated carbocycles. The van der Waals surface area contributed by atoms with E-state index in [1.165, 1.54) is 21.2 Å². The lowest BCUT2D eigenvalue weighted by Crippen LogP contribution is -2.37. The lowest BCUT2D eigenvalue weighted by molar-refractivity contribution is 0.0946. The van der Waals surface area contributed by atoms with Crippen molar-refractivity contribution in [2.45, 2.75) is 19.5 Å². The molecule has 31 heavy (non-hydrogen) atoms. The first kappa shape index (κ1) is 20.2. The van der Waals surface area contributed by atoms with E-state index in [1.807, 2.05) is 54.6 Å². The number of methoxy groups -OCH3 is 1. The van der Waals surface area contributed by atoms with Gasteiger partial charge in [-0.1, -0.05) is 42.5 Å². The van der Waals surface area contributed by atoms with Crippen LogP contribution in [0.5, 0.6) is 5.75 Å². The van der Waals surface area contributed by atoms with Crippen molar-refractivity contribution in [1.82, 2.24) is 19.3 Å². The van der Waals surface area contributed by atoms with E-state index in [-0.39, 0.29) is 23.8 Å². The van der Waals surface area contributed by atoms with Crippen LogP contribution in [0.15, 0.2) is 76.4 Å². The average molecular weight is 418 g/mol. The Bertz CT molecular complexity index is 1320. The fraction of sp³-hybridized carbons (Fsp3) is 0.174. The van der Waals surface area contributed by atoms with Gasteiger partial charge < -0.3 is 15.0 Å². The maximum Gasteiger partial charge on any atom is 0.336 e. The molecule has 4 aromatic rings. The van der Waals surface area contributed by atoms with E-state index in [9.17, 15) is 14.4 Å². The summed E-state index contributed by atoms with van der Waals surface area (Å²) in [6, 6.07) is 18.3. The maximum absolute atomic E-state index is 12.8. The predicted octanol–water partition coefficient (Wildman–Crippen LogP) is 1.97. The van der Waals surface area contributed by atoms with Crippen molar-refractivity contribution in [3.05, 3.63) is 105 Å². The first-order chi connectivity index (χ1) is 15.0. The molecular weight excluding hydrogens is 396 g/mol. The van der Waals surface area contributed by atoms with E-state index in [4.69, 9.17) is 4.74 Å². The largest absolute Gasteiger partial charge is 0.497 e. The molecule has 2 aromatic carbocycles. The molecule has 4 rings (SSSR count). The molecule has 0 bridgehead atoms. The van der Waals surface area contributed by atoms with Crippen molar-refractivity contribution in [3.63, 3.8) is 0 Å². The van der Waals surface area contributed by atoms with Gasteiger partial charge in [-0.15, -0.1) is 0 Å². The Balaban J connectivity index is 1.51. The number of hydrogen-bond acceptors (Lipinski definition) is 4. The number of imidazole rings is 1. The van der Waals surface area contributed by atoms with Gasteiger partial charge in [-0.05, 0) is 29.7 Å². The van der Waals surface area contributed by atoms with Crippen LogP contribution in [0.1, 0.15) is 21.6 Å². The number of aromatic amines is 1. The number of rotatable bonds is 7. The molecule has 0 aliphatic rings. The second-order valence-corrected chi connectivity index (χ2v) is 7.11. The van der Waals surface area contributed by atoms with Crippen molar-refractivity contribution >= 4 is 11.6 Å². The molecule has 0 aliphatic carbocycles. The Labute approximate surface area is 177 Å². The van der Waals surface area contributed by atoms with Gasteiger partial charge in [0.2, 0.25) is 0 Å². The molecule has 0 radical (unpaired) electrons. The molecule has 8 nitrogen and oxygen atoms in total. The third-order valence-electron chi connectivity index (χ3n) is 5.07. The monoisotopic (exact) mass is 418 g/mol. The lowest BCUT2D eigenvalue weighted by atomic mass is 10.1. The molecular formula is C23H22N4O4. The number of ether oxygens (including phenoxy) is 1. The molecule has 0 atom stereocenters. The fourth-order valence-corrected chi connectivity index (χ4v) is 3.34. The van der Waals surface area contributed by atoms with Gasteiger partial charge in [0.1, 0.15) is 17.1 Å². The first-order valence-corrected chi connectivity index (χ1v) is 9.85. The van der Waals surface area contributed by atoms with Crippen molar-refractivity contribution in [2.75, 3.05) is 7.11 Å². The number of carbonyl (C=O) groups is 1. The van der Waals surface area contributed by atoms with Crippen LogP contribution in [0.2, 0.25) is 0 Å². The minimum absolute atomic E-state index is 0.200. The van der Waals surface area contributed by atoms with E-state index in [0.29, 0.717) is 13.0 Å². The molecule has 0 saturated heterocycles. The summed E-state index contributed by atoms with van der Waals surface area (Å²) in [7, 11) is 1.59. The van der Waals surface area contributed by atoms with Gasteiger partial charge in [0.15, 0.2) is 0 Å². The van der Waals surface area contributed by atoms with Crippen LogP contribution >= 0.6 is 0 Å². The van der Waals surface area contributed by atoms with E-state index in [2.05, 4.69) is 10.3 Å². The number of aromatic nitrogens is 3. The molecule has 2 aromatic heterocycles. The molecule has 0 fully saturated rings. The molecule has 0 spiro atoms. The number of nitrogens with zero attached hydrogens (tertiary/aromatic N) is 2. The highest BCUT2D eigenvalue weighted by Crippen LogP contribution is 2.11. The topological polar surface area (TPSA) is 97.6 Å². The van der Waals surface area contributed by atoms with Gasteiger partial charge in [-0.3, -0.25) is 18.6 Å². The summed E-state index contributed by atoms with van der Waals surface area (Å²) in [5, 5.41) is 2.80. The van der Waals surface area contributed by atoms with Crippen molar-refractivity contribution in [2.24, 2.45) is 0 Å². The smallest absolute Gasteiger partial charge is 0.336 e. The van der Waals surface area contributed by atoms with E-state index >= 15 is 0 Å². The number of aryl methyl sites for hydroxylation is 1. The van der Waals surface area contributed by atoms with Crippen LogP contribution in [0, 0.1) is 0 Å². The molecule has 0 aliphatic heterocycles. The van der Waals surface area contributed by atoms with Gasteiger partial charge in [-0.2, -0.15) is 0 Å². The summed E-state index contributed by atoms with van der Waals surface area (Å²) in [6.07, 6.45) is 1.97. The zero-order chi connectivity index (χ0) is 21.8. The quantitative estimate of drug-likeness (QED) is 0.480. The molecule has 1 amide bonds. The standard InChI is InChI=1S/C23H22N4O4/c1-31-18-9-7-17(8-10-18)14-24-22(29)19-15-27-20(25-19)13-21(28)26(23(27)30)12-11-16-5-3-2-4-6-16/h2-10,13,15,25H,11-12,14H2,1H3,(H,24,29). The van der Waals surface area contributed by atoms with E-state index in [0.717, 1.165) is 16.9 Å². The Morgan fingerprint density at radius 2 is 1.77 bits per heavy atom. The third kappa shape index (κ3) is 4.42. The Morgan fingerprint density at radius 3 is 2.48 bits per heavy atom. The summed E-state index contributed by atoms with van der Waals surface area (Å²) in [4.78, 5) is 40.6. The van der Waals surface area contributed by atoms with Crippen LogP contribution in [0.25, 0.3) is 5.65 Å². The molecule has 2 N–H and O–H groups in total. The van der Waals surface area contributed by atoms with Crippen LogP contribution in [0.4, 0.5) is 0 Å². The van der Waals surface area contributed by atoms with Crippen molar-refractivity contribution < 1.29 is 9.53 Å². The summed E-state index contributed by atoms with van der Waals surface area (Å²) >= 11 is 0.